The molecule has 0 aliphatic rings. The molecular weight excluding hydrogens is 533 g/mol. The number of nitrogens with zero attached hydrogens (tertiary/aromatic N) is 1. The molecule has 7 nitrogen and oxygen atoms in total. The van der Waals surface area contributed by atoms with E-state index < -0.39 is 12.0 Å². The van der Waals surface area contributed by atoms with E-state index in [9.17, 15) is 9.59 Å². The van der Waals surface area contributed by atoms with Gasteiger partial charge in [-0.25, -0.2) is 15.0 Å². The SMILES string of the molecule is Cc1cc(NC(=O)N/N=C/c2cc(Cl)c(OCc3ccc(C(=O)O)cc3)c(Cl)c2)ccc1Br. The van der Waals surface area contributed by atoms with Crippen LogP contribution >= 0.6 is 39.1 Å². The Morgan fingerprint density at radius 3 is 2.36 bits per heavy atom. The molecule has 0 saturated heterocycles. The van der Waals surface area contributed by atoms with Gasteiger partial charge in [0.2, 0.25) is 0 Å². The minimum absolute atomic E-state index is 0.157. The summed E-state index contributed by atoms with van der Waals surface area (Å²) in [6, 6.07) is 14.4. The van der Waals surface area contributed by atoms with Crippen LogP contribution in [0.15, 0.2) is 64.2 Å². The first-order chi connectivity index (χ1) is 15.7. The van der Waals surface area contributed by atoms with Crippen LogP contribution < -0.4 is 15.5 Å². The van der Waals surface area contributed by atoms with Gasteiger partial charge >= 0.3 is 12.0 Å². The Kier molecular flexibility index (Phi) is 8.32. The fourth-order valence-electron chi connectivity index (χ4n) is 2.74. The van der Waals surface area contributed by atoms with E-state index in [1.807, 2.05) is 19.1 Å². The second-order valence-corrected chi connectivity index (χ2v) is 8.56. The van der Waals surface area contributed by atoms with Crippen molar-refractivity contribution in [1.29, 1.82) is 0 Å². The molecule has 3 aromatic carbocycles. The fraction of sp³-hybridized carbons (Fsp3) is 0.0870. The molecule has 3 aromatic rings. The monoisotopic (exact) mass is 549 g/mol. The molecule has 0 fully saturated rings. The third-order valence-electron chi connectivity index (χ3n) is 4.40. The maximum absolute atomic E-state index is 12.0. The van der Waals surface area contributed by atoms with Gasteiger partial charge in [0.05, 0.1) is 21.8 Å². The highest BCUT2D eigenvalue weighted by molar-refractivity contribution is 9.10. The minimum Gasteiger partial charge on any atom is -0.486 e. The number of benzene rings is 3. The van der Waals surface area contributed by atoms with Crippen molar-refractivity contribution < 1.29 is 19.4 Å². The summed E-state index contributed by atoms with van der Waals surface area (Å²) in [7, 11) is 0. The van der Waals surface area contributed by atoms with Gasteiger partial charge in [-0.05, 0) is 66.1 Å². The van der Waals surface area contributed by atoms with Gasteiger partial charge in [0, 0.05) is 10.2 Å². The quantitative estimate of drug-likeness (QED) is 0.231. The largest absolute Gasteiger partial charge is 0.486 e. The average Bonchev–Trinajstić information content (AvgIpc) is 2.76. The van der Waals surface area contributed by atoms with E-state index in [2.05, 4.69) is 31.8 Å². The second-order valence-electron chi connectivity index (χ2n) is 6.89. The number of hydrazone groups is 1. The van der Waals surface area contributed by atoms with Crippen LogP contribution in [0.1, 0.15) is 27.0 Å². The van der Waals surface area contributed by atoms with E-state index in [-0.39, 0.29) is 28.0 Å². The van der Waals surface area contributed by atoms with E-state index in [1.165, 1.54) is 18.3 Å². The number of carboxylic acid groups (broad SMARTS) is 1. The summed E-state index contributed by atoms with van der Waals surface area (Å²) in [5.41, 5.74) is 5.50. The maximum atomic E-state index is 12.0. The number of carbonyl (C=O) groups excluding carboxylic acids is 1. The Bertz CT molecular complexity index is 1190. The summed E-state index contributed by atoms with van der Waals surface area (Å²) in [5, 5.41) is 16.1. The number of rotatable bonds is 7. The summed E-state index contributed by atoms with van der Waals surface area (Å²) in [6.07, 6.45) is 1.40. The zero-order valence-electron chi connectivity index (χ0n) is 17.2. The van der Waals surface area contributed by atoms with Crippen LogP contribution in [-0.4, -0.2) is 23.3 Å². The van der Waals surface area contributed by atoms with Crippen LogP contribution in [0.3, 0.4) is 0 Å². The third kappa shape index (κ3) is 6.95. The van der Waals surface area contributed by atoms with Gasteiger partial charge < -0.3 is 15.2 Å². The molecule has 0 radical (unpaired) electrons. The number of ether oxygens (including phenoxy) is 1. The number of aryl methyl sites for hydroxylation is 1. The van der Waals surface area contributed by atoms with Gasteiger partial charge in [0.15, 0.2) is 5.75 Å². The Labute approximate surface area is 208 Å². The standard InChI is InChI=1S/C23H18BrCl2N3O4/c1-13-8-17(6-7-18(13)24)28-23(32)29-27-11-15-9-19(25)21(20(26)10-15)33-12-14-2-4-16(5-3-14)22(30)31/h2-11H,12H2,1H3,(H,30,31)(H2,28,29,32)/b27-11+. The van der Waals surface area contributed by atoms with E-state index in [0.717, 1.165) is 15.6 Å². The lowest BCUT2D eigenvalue weighted by Gasteiger charge is -2.11. The van der Waals surface area contributed by atoms with Crippen molar-refractivity contribution in [3.05, 3.63) is 91.4 Å². The van der Waals surface area contributed by atoms with Crippen molar-refractivity contribution >= 4 is 63.0 Å². The van der Waals surface area contributed by atoms with Crippen LogP contribution in [0, 0.1) is 6.92 Å². The number of urea groups is 1. The number of amides is 2. The minimum atomic E-state index is -0.999. The molecule has 0 spiro atoms. The molecule has 0 saturated carbocycles. The van der Waals surface area contributed by atoms with Crippen molar-refractivity contribution in [3.8, 4) is 5.75 Å². The molecular formula is C23H18BrCl2N3O4. The Hall–Kier alpha value is -3.07. The van der Waals surface area contributed by atoms with Crippen molar-refractivity contribution in [2.24, 2.45) is 5.10 Å². The predicted octanol–water partition coefficient (Wildman–Crippen LogP) is 6.50. The van der Waals surface area contributed by atoms with E-state index >= 15 is 0 Å². The van der Waals surface area contributed by atoms with Crippen LogP contribution in [0.2, 0.25) is 10.0 Å². The number of nitrogens with one attached hydrogen (secondary N) is 2. The summed E-state index contributed by atoms with van der Waals surface area (Å²) in [4.78, 5) is 22.9. The first-order valence-corrected chi connectivity index (χ1v) is 11.1. The second kappa shape index (κ2) is 11.2. The Balaban J connectivity index is 1.58. The summed E-state index contributed by atoms with van der Waals surface area (Å²) >= 11 is 16.0. The summed E-state index contributed by atoms with van der Waals surface area (Å²) < 4.78 is 6.65. The number of carbonyl (C=O) groups is 2. The van der Waals surface area contributed by atoms with E-state index in [4.69, 9.17) is 33.0 Å². The fourth-order valence-corrected chi connectivity index (χ4v) is 3.60. The number of hydrogen-bond donors (Lipinski definition) is 3. The molecule has 0 heterocycles. The highest BCUT2D eigenvalue weighted by atomic mass is 79.9. The van der Waals surface area contributed by atoms with Gasteiger partial charge in [-0.1, -0.05) is 51.3 Å². The molecule has 33 heavy (non-hydrogen) atoms. The highest BCUT2D eigenvalue weighted by Crippen LogP contribution is 2.34. The molecule has 3 rings (SSSR count). The zero-order valence-corrected chi connectivity index (χ0v) is 20.3. The number of anilines is 1. The smallest absolute Gasteiger partial charge is 0.339 e. The van der Waals surface area contributed by atoms with Crippen molar-refractivity contribution in [2.45, 2.75) is 13.5 Å². The lowest BCUT2D eigenvalue weighted by atomic mass is 10.1. The average molecular weight is 551 g/mol. The predicted molar refractivity (Wildman–Crippen MR) is 133 cm³/mol. The zero-order chi connectivity index (χ0) is 24.0. The lowest BCUT2D eigenvalue weighted by Crippen LogP contribution is -2.24. The lowest BCUT2D eigenvalue weighted by molar-refractivity contribution is 0.0696. The molecule has 0 aromatic heterocycles. The highest BCUT2D eigenvalue weighted by Gasteiger charge is 2.10. The van der Waals surface area contributed by atoms with Crippen molar-refractivity contribution in [3.63, 3.8) is 0 Å². The van der Waals surface area contributed by atoms with Crippen LogP contribution in [0.4, 0.5) is 10.5 Å². The Morgan fingerprint density at radius 1 is 1.09 bits per heavy atom. The van der Waals surface area contributed by atoms with E-state index in [0.29, 0.717) is 11.3 Å². The number of hydrogen-bond acceptors (Lipinski definition) is 4. The number of halogens is 3. The first-order valence-electron chi connectivity index (χ1n) is 9.53. The first kappa shape index (κ1) is 24.6. The van der Waals surface area contributed by atoms with Crippen LogP contribution in [0.25, 0.3) is 0 Å². The van der Waals surface area contributed by atoms with Gasteiger partial charge in [0.1, 0.15) is 6.61 Å². The number of aromatic carboxylic acids is 1. The topological polar surface area (TPSA) is 100 Å². The molecule has 0 aliphatic heterocycles. The third-order valence-corrected chi connectivity index (χ3v) is 5.85. The molecule has 0 atom stereocenters. The van der Waals surface area contributed by atoms with Gasteiger partial charge in [-0.2, -0.15) is 5.10 Å². The number of carboxylic acids is 1. The molecule has 3 N–H and O–H groups in total. The van der Waals surface area contributed by atoms with E-state index in [1.54, 1.807) is 30.3 Å². The molecule has 0 aliphatic carbocycles. The molecule has 0 unspecified atom stereocenters. The Morgan fingerprint density at radius 2 is 1.76 bits per heavy atom. The summed E-state index contributed by atoms with van der Waals surface area (Å²) in [6.45, 7) is 2.07. The van der Waals surface area contributed by atoms with Crippen LogP contribution in [0.5, 0.6) is 5.75 Å². The molecule has 170 valence electrons. The van der Waals surface area contributed by atoms with Crippen LogP contribution in [-0.2, 0) is 6.61 Å². The van der Waals surface area contributed by atoms with Gasteiger partial charge in [-0.15, -0.1) is 0 Å². The molecule has 10 heteroatoms. The molecule has 2 amide bonds. The van der Waals surface area contributed by atoms with Gasteiger partial charge in [0.25, 0.3) is 0 Å². The van der Waals surface area contributed by atoms with Crippen molar-refractivity contribution in [2.75, 3.05) is 5.32 Å². The maximum Gasteiger partial charge on any atom is 0.339 e. The summed E-state index contributed by atoms with van der Waals surface area (Å²) in [5.74, 6) is -0.713. The molecule has 0 bridgehead atoms. The van der Waals surface area contributed by atoms with Gasteiger partial charge in [-0.3, -0.25) is 0 Å². The van der Waals surface area contributed by atoms with Crippen molar-refractivity contribution in [1.82, 2.24) is 5.43 Å². The normalized spacial score (nSPS) is 10.8.